The van der Waals surface area contributed by atoms with Gasteiger partial charge in [-0.05, 0) is 19.4 Å². The molecule has 1 aromatic heterocycles. The molecule has 76 valence electrons. The Morgan fingerprint density at radius 2 is 2.64 bits per heavy atom. The second-order valence-corrected chi connectivity index (χ2v) is 3.63. The molecule has 0 saturated carbocycles. The van der Waals surface area contributed by atoms with E-state index in [4.69, 9.17) is 0 Å². The Kier molecular flexibility index (Phi) is 2.58. The third kappa shape index (κ3) is 1.82. The number of Topliss-reactive ketones (excluding diaryl/α,β-unsaturated/α-hetero) is 1. The first kappa shape index (κ1) is 9.33. The van der Waals surface area contributed by atoms with Gasteiger partial charge in [0.15, 0.2) is 5.82 Å². The molecule has 2 rings (SSSR count). The van der Waals surface area contributed by atoms with Gasteiger partial charge in [0.1, 0.15) is 6.33 Å². The summed E-state index contributed by atoms with van der Waals surface area (Å²) in [6.45, 7) is 1.02. The van der Waals surface area contributed by atoms with E-state index < -0.39 is 0 Å². The molecule has 14 heavy (non-hydrogen) atoms. The Hall–Kier alpha value is -1.23. The predicted octanol–water partition coefficient (Wildman–Crippen LogP) is 0.140. The maximum atomic E-state index is 11.7. The van der Waals surface area contributed by atoms with Crippen molar-refractivity contribution in [2.45, 2.75) is 25.3 Å². The molecule has 1 unspecified atom stereocenters. The summed E-state index contributed by atoms with van der Waals surface area (Å²) in [6.07, 6.45) is 4.20. The van der Waals surface area contributed by atoms with E-state index in [-0.39, 0.29) is 5.78 Å². The van der Waals surface area contributed by atoms with E-state index in [0.717, 1.165) is 19.4 Å². The largest absolute Gasteiger partial charge is 0.314 e. The highest BCUT2D eigenvalue weighted by molar-refractivity contribution is 5.93. The highest BCUT2D eigenvalue weighted by Crippen LogP contribution is 2.11. The van der Waals surface area contributed by atoms with Crippen molar-refractivity contribution >= 4 is 5.78 Å². The highest BCUT2D eigenvalue weighted by atomic mass is 16.1. The van der Waals surface area contributed by atoms with Crippen LogP contribution in [0.2, 0.25) is 0 Å². The van der Waals surface area contributed by atoms with E-state index in [2.05, 4.69) is 15.4 Å². The Balaban J connectivity index is 1.98. The van der Waals surface area contributed by atoms with Gasteiger partial charge in [-0.2, -0.15) is 5.10 Å². The van der Waals surface area contributed by atoms with Gasteiger partial charge in [0, 0.05) is 19.5 Å². The first-order valence-electron chi connectivity index (χ1n) is 4.88. The van der Waals surface area contributed by atoms with E-state index in [9.17, 15) is 4.79 Å². The van der Waals surface area contributed by atoms with Crippen LogP contribution in [0.3, 0.4) is 0 Å². The summed E-state index contributed by atoms with van der Waals surface area (Å²) in [5.41, 5.74) is 0. The lowest BCUT2D eigenvalue weighted by Crippen LogP contribution is -2.25. The summed E-state index contributed by atoms with van der Waals surface area (Å²) in [7, 11) is 1.74. The maximum absolute atomic E-state index is 11.7. The molecule has 1 aromatic rings. The summed E-state index contributed by atoms with van der Waals surface area (Å²) >= 11 is 0. The lowest BCUT2D eigenvalue weighted by Gasteiger charge is -2.07. The van der Waals surface area contributed by atoms with Crippen LogP contribution in [0.25, 0.3) is 0 Å². The molecular formula is C9H14N4O. The van der Waals surface area contributed by atoms with E-state index in [1.807, 2.05) is 0 Å². The van der Waals surface area contributed by atoms with Gasteiger partial charge >= 0.3 is 0 Å². The van der Waals surface area contributed by atoms with Crippen molar-refractivity contribution in [3.05, 3.63) is 12.2 Å². The summed E-state index contributed by atoms with van der Waals surface area (Å²) in [6, 6.07) is 0.333. The second-order valence-electron chi connectivity index (χ2n) is 3.63. The lowest BCUT2D eigenvalue weighted by atomic mass is 10.1. The van der Waals surface area contributed by atoms with Crippen molar-refractivity contribution in [3.8, 4) is 0 Å². The molecule has 0 radical (unpaired) electrons. The number of nitrogens with zero attached hydrogens (tertiary/aromatic N) is 3. The second kappa shape index (κ2) is 3.88. The molecule has 0 bridgehead atoms. The minimum absolute atomic E-state index is 0.0735. The van der Waals surface area contributed by atoms with Gasteiger partial charge < -0.3 is 5.32 Å². The molecule has 1 saturated heterocycles. The molecule has 2 heterocycles. The fraction of sp³-hybridized carbons (Fsp3) is 0.667. The molecule has 1 N–H and O–H groups in total. The first-order valence-corrected chi connectivity index (χ1v) is 4.88. The minimum Gasteiger partial charge on any atom is -0.314 e. The molecule has 0 aliphatic carbocycles. The topological polar surface area (TPSA) is 59.8 Å². The fourth-order valence-corrected chi connectivity index (χ4v) is 1.79. The quantitative estimate of drug-likeness (QED) is 0.695. The molecule has 1 fully saturated rings. The van der Waals surface area contributed by atoms with Gasteiger partial charge in [-0.25, -0.2) is 9.67 Å². The van der Waals surface area contributed by atoms with E-state index in [1.54, 1.807) is 7.05 Å². The van der Waals surface area contributed by atoms with Gasteiger partial charge in [-0.3, -0.25) is 4.79 Å². The van der Waals surface area contributed by atoms with Crippen LogP contribution >= 0.6 is 0 Å². The molecule has 5 nitrogen and oxygen atoms in total. The standard InChI is InChI=1S/C9H14N4O/c1-13-9(11-6-12-13)8(14)5-7-3-2-4-10-7/h6-7,10H,2-5H2,1H3. The van der Waals surface area contributed by atoms with Crippen LogP contribution in [0.4, 0.5) is 0 Å². The Morgan fingerprint density at radius 3 is 3.21 bits per heavy atom. The highest BCUT2D eigenvalue weighted by Gasteiger charge is 2.20. The van der Waals surface area contributed by atoms with Crippen molar-refractivity contribution in [1.82, 2.24) is 20.1 Å². The Bertz CT molecular complexity index is 327. The molecule has 0 spiro atoms. The van der Waals surface area contributed by atoms with Crippen LogP contribution < -0.4 is 5.32 Å². The normalized spacial score (nSPS) is 21.4. The van der Waals surface area contributed by atoms with Crippen molar-refractivity contribution in [1.29, 1.82) is 0 Å². The van der Waals surface area contributed by atoms with Crippen LogP contribution in [0.1, 0.15) is 29.9 Å². The number of ketones is 1. The summed E-state index contributed by atoms with van der Waals surface area (Å²) in [5, 5.41) is 7.17. The van der Waals surface area contributed by atoms with Crippen LogP contribution in [-0.4, -0.2) is 33.1 Å². The molecule has 1 aliphatic heterocycles. The van der Waals surface area contributed by atoms with Crippen LogP contribution in [0.15, 0.2) is 6.33 Å². The third-order valence-corrected chi connectivity index (χ3v) is 2.55. The molecule has 1 aliphatic rings. The Labute approximate surface area is 82.5 Å². The lowest BCUT2D eigenvalue weighted by molar-refractivity contribution is 0.0957. The fourth-order valence-electron chi connectivity index (χ4n) is 1.79. The average molecular weight is 194 g/mol. The number of carbonyl (C=O) groups excluding carboxylic acids is 1. The number of hydrogen-bond donors (Lipinski definition) is 1. The van der Waals surface area contributed by atoms with Crippen LogP contribution in [-0.2, 0) is 7.05 Å². The number of hydrogen-bond acceptors (Lipinski definition) is 4. The predicted molar refractivity (Wildman–Crippen MR) is 51.0 cm³/mol. The molecule has 5 heteroatoms. The zero-order valence-electron chi connectivity index (χ0n) is 8.23. The smallest absolute Gasteiger partial charge is 0.201 e. The van der Waals surface area contributed by atoms with Crippen molar-refractivity contribution in [2.75, 3.05) is 6.54 Å². The van der Waals surface area contributed by atoms with E-state index in [1.165, 1.54) is 11.0 Å². The molecule has 1 atom stereocenters. The van der Waals surface area contributed by atoms with Crippen LogP contribution in [0, 0.1) is 0 Å². The van der Waals surface area contributed by atoms with Crippen molar-refractivity contribution in [2.24, 2.45) is 7.05 Å². The first-order chi connectivity index (χ1) is 6.77. The molecule has 0 aromatic carbocycles. The number of aryl methyl sites for hydroxylation is 1. The number of rotatable bonds is 3. The van der Waals surface area contributed by atoms with Gasteiger partial charge in [0.05, 0.1) is 0 Å². The maximum Gasteiger partial charge on any atom is 0.201 e. The minimum atomic E-state index is 0.0735. The summed E-state index contributed by atoms with van der Waals surface area (Å²) < 4.78 is 1.53. The zero-order chi connectivity index (χ0) is 9.97. The van der Waals surface area contributed by atoms with Crippen molar-refractivity contribution in [3.63, 3.8) is 0 Å². The SMILES string of the molecule is Cn1ncnc1C(=O)CC1CCCN1. The summed E-state index contributed by atoms with van der Waals surface area (Å²) in [5.74, 6) is 0.531. The average Bonchev–Trinajstić information content (AvgIpc) is 2.75. The van der Waals surface area contributed by atoms with Crippen LogP contribution in [0.5, 0.6) is 0 Å². The summed E-state index contributed by atoms with van der Waals surface area (Å²) in [4.78, 5) is 15.7. The molecule has 0 amide bonds. The third-order valence-electron chi connectivity index (χ3n) is 2.55. The van der Waals surface area contributed by atoms with Gasteiger partial charge in [0.25, 0.3) is 0 Å². The molecular weight excluding hydrogens is 180 g/mol. The van der Waals surface area contributed by atoms with Crippen molar-refractivity contribution < 1.29 is 4.79 Å². The zero-order valence-corrected chi connectivity index (χ0v) is 8.23. The Morgan fingerprint density at radius 1 is 1.79 bits per heavy atom. The number of aromatic nitrogens is 3. The van der Waals surface area contributed by atoms with Gasteiger partial charge in [0.2, 0.25) is 5.78 Å². The number of carbonyl (C=O) groups is 1. The van der Waals surface area contributed by atoms with E-state index in [0.29, 0.717) is 18.3 Å². The van der Waals surface area contributed by atoms with Gasteiger partial charge in [-0.1, -0.05) is 0 Å². The van der Waals surface area contributed by atoms with E-state index >= 15 is 0 Å². The monoisotopic (exact) mass is 194 g/mol. The van der Waals surface area contributed by atoms with Gasteiger partial charge in [-0.15, -0.1) is 0 Å². The number of nitrogens with one attached hydrogen (secondary N) is 1.